The minimum Gasteiger partial charge on any atom is -0.481 e. The molecule has 0 aliphatic carbocycles. The van der Waals surface area contributed by atoms with Crippen LogP contribution in [-0.4, -0.2) is 27.3 Å². The molecule has 0 radical (unpaired) electrons. The van der Waals surface area contributed by atoms with Gasteiger partial charge in [-0.2, -0.15) is 0 Å². The van der Waals surface area contributed by atoms with E-state index in [2.05, 4.69) is 5.32 Å². The van der Waals surface area contributed by atoms with Crippen LogP contribution in [0, 0.1) is 6.92 Å². The predicted octanol–water partition coefficient (Wildman–Crippen LogP) is 1.99. The Hall–Kier alpha value is -3.81. The zero-order chi connectivity index (χ0) is 21.1. The smallest absolute Gasteiger partial charge is 0.295 e. The van der Waals surface area contributed by atoms with E-state index in [1.807, 2.05) is 30.3 Å². The molecule has 1 aromatic heterocycles. The van der Waals surface area contributed by atoms with Crippen LogP contribution in [0.5, 0.6) is 5.75 Å². The van der Waals surface area contributed by atoms with Crippen LogP contribution >= 0.6 is 0 Å². The lowest BCUT2D eigenvalue weighted by atomic mass is 10.2. The molecule has 0 fully saturated rings. The summed E-state index contributed by atoms with van der Waals surface area (Å²) in [7, 11) is 1.75. The van der Waals surface area contributed by atoms with Crippen LogP contribution in [0.15, 0.2) is 59.4 Å². The fourth-order valence-electron chi connectivity index (χ4n) is 2.89. The number of hydrogen-bond donors (Lipinski definition) is 2. The van der Waals surface area contributed by atoms with Crippen LogP contribution in [0.25, 0.3) is 5.69 Å². The maximum absolute atomic E-state index is 12.9. The minimum absolute atomic E-state index is 0.195. The van der Waals surface area contributed by atoms with Crippen molar-refractivity contribution in [3.63, 3.8) is 0 Å². The molecule has 2 aromatic carbocycles. The first-order valence-corrected chi connectivity index (χ1v) is 9.01. The third-order valence-corrected chi connectivity index (χ3v) is 4.62. The molecule has 0 saturated carbocycles. The van der Waals surface area contributed by atoms with Crippen molar-refractivity contribution in [1.82, 2.24) is 9.36 Å². The maximum atomic E-state index is 12.9. The lowest BCUT2D eigenvalue weighted by Crippen LogP contribution is -2.32. The van der Waals surface area contributed by atoms with Gasteiger partial charge in [0.25, 0.3) is 11.5 Å². The largest absolute Gasteiger partial charge is 0.481 e. The van der Waals surface area contributed by atoms with Gasteiger partial charge in [-0.15, -0.1) is 0 Å². The minimum atomic E-state index is -0.862. The highest BCUT2D eigenvalue weighted by molar-refractivity contribution is 5.94. The topological polar surface area (TPSA) is 108 Å². The van der Waals surface area contributed by atoms with Crippen molar-refractivity contribution in [1.29, 1.82) is 0 Å². The second-order valence-electron chi connectivity index (χ2n) is 6.57. The van der Waals surface area contributed by atoms with Crippen LogP contribution in [-0.2, 0) is 11.8 Å². The molecule has 0 spiro atoms. The Morgan fingerprint density at radius 1 is 1.07 bits per heavy atom. The number of rotatable bonds is 6. The lowest BCUT2D eigenvalue weighted by molar-refractivity contribution is -0.122. The van der Waals surface area contributed by atoms with Crippen molar-refractivity contribution < 1.29 is 14.3 Å². The highest BCUT2D eigenvalue weighted by Crippen LogP contribution is 2.17. The number of nitrogens with zero attached hydrogens (tertiary/aromatic N) is 2. The average Bonchev–Trinajstić information content (AvgIpc) is 2.92. The van der Waals surface area contributed by atoms with Crippen molar-refractivity contribution in [2.24, 2.45) is 12.8 Å². The molecule has 2 amide bonds. The molecule has 1 heterocycles. The third kappa shape index (κ3) is 4.06. The Labute approximate surface area is 167 Å². The molecule has 29 heavy (non-hydrogen) atoms. The van der Waals surface area contributed by atoms with Crippen molar-refractivity contribution in [3.05, 3.63) is 76.2 Å². The summed E-state index contributed by atoms with van der Waals surface area (Å²) in [6, 6.07) is 15.3. The zero-order valence-corrected chi connectivity index (χ0v) is 16.4. The summed E-state index contributed by atoms with van der Waals surface area (Å²) >= 11 is 0. The molecule has 3 N–H and O–H groups in total. The number of primary amides is 1. The number of nitrogens with two attached hydrogens (primary N) is 1. The van der Waals surface area contributed by atoms with Crippen LogP contribution in [0.4, 0.5) is 5.69 Å². The normalized spacial score (nSPS) is 11.7. The Morgan fingerprint density at radius 2 is 1.69 bits per heavy atom. The van der Waals surface area contributed by atoms with Crippen LogP contribution in [0.3, 0.4) is 0 Å². The quantitative estimate of drug-likeness (QED) is 0.666. The molecule has 3 aromatic rings. The molecule has 0 aliphatic rings. The maximum Gasteiger partial charge on any atom is 0.295 e. The summed E-state index contributed by atoms with van der Waals surface area (Å²) in [5.41, 5.74) is 6.73. The van der Waals surface area contributed by atoms with Gasteiger partial charge in [-0.05, 0) is 50.2 Å². The standard InChI is InChI=1S/C21H22N4O4/c1-13-18(21(28)25(24(13)3)16-7-5-4-6-8-16)23-20(27)14(2)29-17-11-9-15(10-12-17)19(22)26/h4-12,14H,1-3H3,(H2,22,26)(H,23,27)/t14-/m0/s1. The molecule has 0 saturated heterocycles. The number of benzene rings is 2. The summed E-state index contributed by atoms with van der Waals surface area (Å²) in [5, 5.41) is 2.67. The Balaban J connectivity index is 1.78. The van der Waals surface area contributed by atoms with Crippen LogP contribution < -0.4 is 21.3 Å². The monoisotopic (exact) mass is 394 g/mol. The summed E-state index contributed by atoms with van der Waals surface area (Å²) in [5.74, 6) is -0.601. The van der Waals surface area contributed by atoms with E-state index in [1.165, 1.54) is 16.8 Å². The van der Waals surface area contributed by atoms with Gasteiger partial charge >= 0.3 is 0 Å². The fourth-order valence-corrected chi connectivity index (χ4v) is 2.89. The lowest BCUT2D eigenvalue weighted by Gasteiger charge is -2.14. The molecule has 3 rings (SSSR count). The Bertz CT molecular complexity index is 1100. The van der Waals surface area contributed by atoms with Gasteiger partial charge in [0, 0.05) is 12.6 Å². The zero-order valence-electron chi connectivity index (χ0n) is 16.4. The van der Waals surface area contributed by atoms with Crippen molar-refractivity contribution >= 4 is 17.5 Å². The van der Waals surface area contributed by atoms with Crippen molar-refractivity contribution in [2.75, 3.05) is 5.32 Å². The van der Waals surface area contributed by atoms with E-state index in [-0.39, 0.29) is 11.2 Å². The average molecular weight is 394 g/mol. The molecule has 0 unspecified atom stereocenters. The van der Waals surface area contributed by atoms with Gasteiger partial charge in [-0.25, -0.2) is 4.68 Å². The number of para-hydroxylation sites is 1. The molecular formula is C21H22N4O4. The molecule has 1 atom stereocenters. The van der Waals surface area contributed by atoms with E-state index >= 15 is 0 Å². The Kier molecular flexibility index (Phi) is 5.54. The van der Waals surface area contributed by atoms with Gasteiger partial charge in [0.05, 0.1) is 11.4 Å². The van der Waals surface area contributed by atoms with Crippen LogP contribution in [0.1, 0.15) is 23.0 Å². The number of ether oxygens (including phenoxy) is 1. The predicted molar refractivity (Wildman–Crippen MR) is 109 cm³/mol. The molecule has 8 heteroatoms. The van der Waals surface area contributed by atoms with Crippen LogP contribution in [0.2, 0.25) is 0 Å². The number of carbonyl (C=O) groups is 2. The van der Waals surface area contributed by atoms with E-state index in [0.717, 1.165) is 0 Å². The highest BCUT2D eigenvalue weighted by Gasteiger charge is 2.22. The van der Waals surface area contributed by atoms with E-state index in [4.69, 9.17) is 10.5 Å². The summed E-state index contributed by atoms with van der Waals surface area (Å²) in [4.78, 5) is 36.6. The van der Waals surface area contributed by atoms with Gasteiger partial charge in [-0.1, -0.05) is 18.2 Å². The second kappa shape index (κ2) is 8.05. The highest BCUT2D eigenvalue weighted by atomic mass is 16.5. The first-order chi connectivity index (χ1) is 13.8. The van der Waals surface area contributed by atoms with Crippen molar-refractivity contribution in [3.8, 4) is 11.4 Å². The van der Waals surface area contributed by atoms with E-state index in [1.54, 1.807) is 37.7 Å². The summed E-state index contributed by atoms with van der Waals surface area (Å²) < 4.78 is 8.77. The van der Waals surface area contributed by atoms with Gasteiger partial charge in [0.2, 0.25) is 5.91 Å². The van der Waals surface area contributed by atoms with Gasteiger partial charge in [-0.3, -0.25) is 19.1 Å². The molecule has 8 nitrogen and oxygen atoms in total. The van der Waals surface area contributed by atoms with Gasteiger partial charge in [0.15, 0.2) is 6.10 Å². The molecule has 0 bridgehead atoms. The van der Waals surface area contributed by atoms with E-state index in [0.29, 0.717) is 22.7 Å². The number of nitrogens with one attached hydrogen (secondary N) is 1. The SMILES string of the molecule is Cc1c(NC(=O)[C@H](C)Oc2ccc(C(N)=O)cc2)c(=O)n(-c2ccccc2)n1C. The van der Waals surface area contributed by atoms with Crippen molar-refractivity contribution in [2.45, 2.75) is 20.0 Å². The molecular weight excluding hydrogens is 372 g/mol. The van der Waals surface area contributed by atoms with E-state index < -0.39 is 17.9 Å². The van der Waals surface area contributed by atoms with E-state index in [9.17, 15) is 14.4 Å². The van der Waals surface area contributed by atoms with Gasteiger partial charge in [0.1, 0.15) is 11.4 Å². The number of carbonyl (C=O) groups excluding carboxylic acids is 2. The van der Waals surface area contributed by atoms with Gasteiger partial charge < -0.3 is 15.8 Å². The number of amides is 2. The first kappa shape index (κ1) is 19.9. The number of aromatic nitrogens is 2. The fraction of sp³-hybridized carbons (Fsp3) is 0.190. The number of hydrogen-bond acceptors (Lipinski definition) is 4. The summed E-state index contributed by atoms with van der Waals surface area (Å²) in [6.07, 6.45) is -0.862. The molecule has 0 aliphatic heterocycles. The first-order valence-electron chi connectivity index (χ1n) is 9.01. The summed E-state index contributed by atoms with van der Waals surface area (Å²) in [6.45, 7) is 3.33. The molecule has 150 valence electrons. The Morgan fingerprint density at radius 3 is 2.28 bits per heavy atom. The number of anilines is 1. The third-order valence-electron chi connectivity index (χ3n) is 4.62. The second-order valence-corrected chi connectivity index (χ2v) is 6.57.